The van der Waals surface area contributed by atoms with E-state index in [1.54, 1.807) is 6.92 Å². The highest BCUT2D eigenvalue weighted by Crippen LogP contribution is 2.11. The lowest BCUT2D eigenvalue weighted by Crippen LogP contribution is -3.00. The number of rotatable bonds is 4. The van der Waals surface area contributed by atoms with Gasteiger partial charge in [-0.15, -0.1) is 0 Å². The third kappa shape index (κ3) is 3.39. The Labute approximate surface area is 134 Å². The van der Waals surface area contributed by atoms with Gasteiger partial charge in [0, 0.05) is 0 Å². The monoisotopic (exact) mass is 344 g/mol. The topological polar surface area (TPSA) is 25.9 Å². The molecule has 0 aliphatic heterocycles. The summed E-state index contributed by atoms with van der Waals surface area (Å²) in [6.45, 7) is 2.85. The molecule has 0 saturated heterocycles. The van der Waals surface area contributed by atoms with Gasteiger partial charge in [0.1, 0.15) is 13.1 Å². The second-order valence-electron chi connectivity index (χ2n) is 5.05. The molecule has 1 aromatic heterocycles. The van der Waals surface area contributed by atoms with Crippen LogP contribution in [0.15, 0.2) is 60.9 Å². The summed E-state index contributed by atoms with van der Waals surface area (Å²) in [5.74, 6) is 0.164. The van der Waals surface area contributed by atoms with E-state index in [9.17, 15) is 4.79 Å². The molecule has 0 amide bonds. The Bertz CT molecular complexity index is 750. The third-order valence-electron chi connectivity index (χ3n) is 3.37. The summed E-state index contributed by atoms with van der Waals surface area (Å²) in [5, 5.41) is 0. The minimum Gasteiger partial charge on any atom is -1.00 e. The number of ketones is 1. The maximum atomic E-state index is 11.4. The molecule has 0 aliphatic carbocycles. The molecule has 0 unspecified atom stereocenters. The zero-order valence-corrected chi connectivity index (χ0v) is 13.5. The van der Waals surface area contributed by atoms with E-state index in [-0.39, 0.29) is 22.8 Å². The Hall–Kier alpha value is -1.94. The summed E-state index contributed by atoms with van der Waals surface area (Å²) >= 11 is 0. The summed E-state index contributed by atoms with van der Waals surface area (Å²) < 4.78 is 4.20. The minimum absolute atomic E-state index is 0. The van der Waals surface area contributed by atoms with E-state index >= 15 is 0 Å². The number of nitrogens with zero attached hydrogens (tertiary/aromatic N) is 2. The highest BCUT2D eigenvalue weighted by atomic mass is 79.9. The fourth-order valence-electron chi connectivity index (χ4n) is 2.51. The minimum atomic E-state index is 0. The molecule has 3 rings (SSSR count). The number of carbonyl (C=O) groups excluding carboxylic acids is 1. The Morgan fingerprint density at radius 3 is 2.43 bits per heavy atom. The summed E-state index contributed by atoms with van der Waals surface area (Å²) in [6, 6.07) is 18.5. The van der Waals surface area contributed by atoms with Gasteiger partial charge >= 0.3 is 0 Å². The van der Waals surface area contributed by atoms with E-state index < -0.39 is 0 Å². The van der Waals surface area contributed by atoms with Crippen molar-refractivity contribution in [2.75, 3.05) is 0 Å². The van der Waals surface area contributed by atoms with E-state index in [0.717, 1.165) is 17.6 Å². The molecule has 0 saturated carbocycles. The summed E-state index contributed by atoms with van der Waals surface area (Å²) in [7, 11) is 0. The maximum Gasteiger partial charge on any atom is 0.245 e. The Morgan fingerprint density at radius 1 is 1.05 bits per heavy atom. The number of imidazole rings is 1. The largest absolute Gasteiger partial charge is 1.00 e. The fraction of sp³-hybridized carbons (Fsp3) is 0.176. The van der Waals surface area contributed by atoms with E-state index in [1.807, 2.05) is 41.2 Å². The smallest absolute Gasteiger partial charge is 0.245 e. The summed E-state index contributed by atoms with van der Waals surface area (Å²) in [5.41, 5.74) is 3.50. The van der Waals surface area contributed by atoms with Crippen LogP contribution in [-0.4, -0.2) is 10.4 Å². The van der Waals surface area contributed by atoms with E-state index in [4.69, 9.17) is 0 Å². The molecule has 0 N–H and O–H groups in total. The van der Waals surface area contributed by atoms with Crippen molar-refractivity contribution in [3.63, 3.8) is 0 Å². The number of para-hydroxylation sites is 2. The van der Waals surface area contributed by atoms with Crippen LogP contribution < -0.4 is 21.5 Å². The number of hydrogen-bond acceptors (Lipinski definition) is 1. The molecule has 3 aromatic rings. The normalized spacial score (nSPS) is 10.3. The third-order valence-corrected chi connectivity index (χ3v) is 3.37. The first-order valence-corrected chi connectivity index (χ1v) is 6.75. The highest BCUT2D eigenvalue weighted by Gasteiger charge is 2.16. The number of benzene rings is 2. The Kier molecular flexibility index (Phi) is 4.91. The highest BCUT2D eigenvalue weighted by molar-refractivity contribution is 5.78. The second-order valence-corrected chi connectivity index (χ2v) is 5.05. The standard InChI is InChI=1S/C17H17N2O.BrH/c1-14(20)11-18-13-19(12-15-7-3-2-4-8-15)17-10-6-5-9-16(17)18;/h2-10,13H,11-12H2,1H3;1H/q+1;/p-1. The molecule has 0 fully saturated rings. The van der Waals surface area contributed by atoms with Crippen LogP contribution in [0.5, 0.6) is 0 Å². The van der Waals surface area contributed by atoms with Gasteiger partial charge in [0.2, 0.25) is 6.33 Å². The molecular weight excluding hydrogens is 328 g/mol. The van der Waals surface area contributed by atoms with E-state index in [1.165, 1.54) is 5.56 Å². The number of aromatic nitrogens is 2. The van der Waals surface area contributed by atoms with Crippen molar-refractivity contribution in [3.8, 4) is 0 Å². The van der Waals surface area contributed by atoms with Gasteiger partial charge in [-0.2, -0.15) is 0 Å². The quantitative estimate of drug-likeness (QED) is 0.590. The van der Waals surface area contributed by atoms with Gasteiger partial charge in [-0.05, 0) is 24.6 Å². The van der Waals surface area contributed by atoms with Crippen LogP contribution in [0.2, 0.25) is 0 Å². The predicted octanol–water partition coefficient (Wildman–Crippen LogP) is -0.430. The number of fused-ring (bicyclic) bond motifs is 1. The fourth-order valence-corrected chi connectivity index (χ4v) is 2.51. The lowest BCUT2D eigenvalue weighted by Gasteiger charge is -1.97. The van der Waals surface area contributed by atoms with E-state index in [2.05, 4.69) is 28.8 Å². The lowest BCUT2D eigenvalue weighted by atomic mass is 10.2. The lowest BCUT2D eigenvalue weighted by molar-refractivity contribution is -0.663. The molecule has 0 spiro atoms. The van der Waals surface area contributed by atoms with Crippen LogP contribution in [0.1, 0.15) is 12.5 Å². The molecule has 3 nitrogen and oxygen atoms in total. The molecule has 108 valence electrons. The second kappa shape index (κ2) is 6.68. The van der Waals surface area contributed by atoms with Gasteiger partial charge in [0.15, 0.2) is 16.8 Å². The first-order chi connectivity index (χ1) is 9.74. The first kappa shape index (κ1) is 15.4. The molecule has 0 aliphatic rings. The zero-order chi connectivity index (χ0) is 13.9. The van der Waals surface area contributed by atoms with Gasteiger partial charge in [-0.1, -0.05) is 42.5 Å². The number of Topliss-reactive ketones (excluding diaryl/α,β-unsaturated/α-hetero) is 1. The summed E-state index contributed by atoms with van der Waals surface area (Å²) in [4.78, 5) is 11.4. The van der Waals surface area contributed by atoms with Gasteiger partial charge in [-0.25, -0.2) is 9.13 Å². The molecule has 4 heteroatoms. The molecule has 0 bridgehead atoms. The van der Waals surface area contributed by atoms with Crippen LogP contribution in [0.3, 0.4) is 0 Å². The number of halogens is 1. The molecular formula is C17H17BrN2O. The summed E-state index contributed by atoms with van der Waals surface area (Å²) in [6.07, 6.45) is 2.03. The van der Waals surface area contributed by atoms with Crippen molar-refractivity contribution in [3.05, 3.63) is 66.5 Å². The number of hydrogen-bond donors (Lipinski definition) is 0. The molecule has 1 heterocycles. The molecule has 21 heavy (non-hydrogen) atoms. The average molecular weight is 345 g/mol. The maximum absolute atomic E-state index is 11.4. The van der Waals surface area contributed by atoms with Crippen molar-refractivity contribution in [1.82, 2.24) is 4.57 Å². The van der Waals surface area contributed by atoms with Gasteiger partial charge < -0.3 is 17.0 Å². The molecule has 2 aromatic carbocycles. The van der Waals surface area contributed by atoms with Crippen LogP contribution in [0, 0.1) is 0 Å². The Morgan fingerprint density at radius 2 is 1.71 bits per heavy atom. The van der Waals surface area contributed by atoms with Crippen molar-refractivity contribution in [1.29, 1.82) is 0 Å². The van der Waals surface area contributed by atoms with Crippen molar-refractivity contribution in [2.24, 2.45) is 0 Å². The molecule has 0 atom stereocenters. The van der Waals surface area contributed by atoms with Crippen LogP contribution in [0.25, 0.3) is 11.0 Å². The van der Waals surface area contributed by atoms with Gasteiger partial charge in [0.05, 0.1) is 0 Å². The van der Waals surface area contributed by atoms with Gasteiger partial charge in [0.25, 0.3) is 0 Å². The SMILES string of the molecule is CC(=O)Cn1c[n+](Cc2ccccc2)c2ccccc21.[Br-]. The molecule has 0 radical (unpaired) electrons. The van der Waals surface area contributed by atoms with Crippen molar-refractivity contribution >= 4 is 16.8 Å². The van der Waals surface area contributed by atoms with E-state index in [0.29, 0.717) is 6.54 Å². The first-order valence-electron chi connectivity index (χ1n) is 6.75. The Balaban J connectivity index is 0.00000161. The van der Waals surface area contributed by atoms with Gasteiger partial charge in [-0.3, -0.25) is 4.79 Å². The predicted molar refractivity (Wildman–Crippen MR) is 78.4 cm³/mol. The average Bonchev–Trinajstić information content (AvgIpc) is 2.78. The van der Waals surface area contributed by atoms with Crippen molar-refractivity contribution in [2.45, 2.75) is 20.0 Å². The van der Waals surface area contributed by atoms with Crippen LogP contribution in [0.4, 0.5) is 0 Å². The van der Waals surface area contributed by atoms with Crippen molar-refractivity contribution < 1.29 is 26.3 Å². The van der Waals surface area contributed by atoms with Crippen LogP contribution in [-0.2, 0) is 17.9 Å². The van der Waals surface area contributed by atoms with Crippen LogP contribution >= 0.6 is 0 Å². The number of carbonyl (C=O) groups is 1. The zero-order valence-electron chi connectivity index (χ0n) is 11.9.